The van der Waals surface area contributed by atoms with E-state index in [1.807, 2.05) is 0 Å². The normalized spacial score (nSPS) is 19.9. The van der Waals surface area contributed by atoms with Crippen molar-refractivity contribution in [2.45, 2.75) is 31.5 Å². The minimum Gasteiger partial charge on any atom is -0.479 e. The lowest BCUT2D eigenvalue weighted by Gasteiger charge is -2.31. The van der Waals surface area contributed by atoms with E-state index in [0.29, 0.717) is 10.5 Å². The van der Waals surface area contributed by atoms with Crippen molar-refractivity contribution in [3.05, 3.63) is 35.9 Å². The molecule has 2 unspecified atom stereocenters. The maximum atomic E-state index is 12.5. The highest BCUT2D eigenvalue weighted by Gasteiger charge is 2.45. The lowest BCUT2D eigenvalue weighted by atomic mass is 9.86. The van der Waals surface area contributed by atoms with Crippen LogP contribution >= 0.6 is 0 Å². The number of hydrogen-bond donors (Lipinski definition) is 2. The number of carboxylic acids is 1. The summed E-state index contributed by atoms with van der Waals surface area (Å²) in [5.41, 5.74) is -1.36. The van der Waals surface area contributed by atoms with Gasteiger partial charge in [-0.15, -0.1) is 0 Å². The van der Waals surface area contributed by atoms with E-state index in [-0.39, 0.29) is 12.8 Å². The van der Waals surface area contributed by atoms with Gasteiger partial charge in [0.2, 0.25) is 11.8 Å². The van der Waals surface area contributed by atoms with Crippen LogP contribution in [0.1, 0.15) is 25.3 Å². The third-order valence-corrected chi connectivity index (χ3v) is 4.45. The molecule has 0 saturated carbocycles. The molecule has 1 fully saturated rings. The number of nitrogens with zero attached hydrogens (tertiary/aromatic N) is 1. The van der Waals surface area contributed by atoms with Crippen LogP contribution in [0.15, 0.2) is 30.3 Å². The van der Waals surface area contributed by atoms with Gasteiger partial charge in [0.15, 0.2) is 5.54 Å². The fourth-order valence-corrected chi connectivity index (χ4v) is 3.04. The molecular formula is C17H19F3N2O4. The first kappa shape index (κ1) is 19.7. The van der Waals surface area contributed by atoms with E-state index in [1.54, 1.807) is 37.3 Å². The first-order chi connectivity index (χ1) is 12.1. The highest BCUT2D eigenvalue weighted by Crippen LogP contribution is 2.28. The van der Waals surface area contributed by atoms with Crippen molar-refractivity contribution in [1.29, 1.82) is 0 Å². The number of carbonyl (C=O) groups is 3. The van der Waals surface area contributed by atoms with Crippen LogP contribution in [0.25, 0.3) is 0 Å². The summed E-state index contributed by atoms with van der Waals surface area (Å²) in [5.74, 6) is -3.84. The first-order valence-electron chi connectivity index (χ1n) is 8.04. The molecular weight excluding hydrogens is 353 g/mol. The minimum absolute atomic E-state index is 0.0328. The highest BCUT2D eigenvalue weighted by molar-refractivity contribution is 5.93. The Kier molecular flexibility index (Phi) is 5.58. The SMILES string of the molecule is CCC(NC(=O)C1CC(=O)N(CC(F)(F)F)C1)(C(=O)O)c1ccccc1. The van der Waals surface area contributed by atoms with E-state index >= 15 is 0 Å². The lowest BCUT2D eigenvalue weighted by molar-refractivity contribution is -0.157. The summed E-state index contributed by atoms with van der Waals surface area (Å²) in [5, 5.41) is 12.1. The molecule has 1 aromatic rings. The molecule has 1 aromatic carbocycles. The van der Waals surface area contributed by atoms with E-state index in [2.05, 4.69) is 5.32 Å². The topological polar surface area (TPSA) is 86.7 Å². The van der Waals surface area contributed by atoms with Gasteiger partial charge in [-0.3, -0.25) is 9.59 Å². The second-order valence-corrected chi connectivity index (χ2v) is 6.21. The Balaban J connectivity index is 2.19. The second-order valence-electron chi connectivity index (χ2n) is 6.21. The number of alkyl halides is 3. The van der Waals surface area contributed by atoms with Gasteiger partial charge in [-0.1, -0.05) is 37.3 Å². The molecule has 1 heterocycles. The Morgan fingerprint density at radius 3 is 2.38 bits per heavy atom. The van der Waals surface area contributed by atoms with Crippen molar-refractivity contribution >= 4 is 17.8 Å². The Labute approximate surface area is 148 Å². The number of carbonyl (C=O) groups excluding carboxylic acids is 2. The summed E-state index contributed by atoms with van der Waals surface area (Å²) in [6, 6.07) is 8.04. The third-order valence-electron chi connectivity index (χ3n) is 4.45. The predicted octanol–water partition coefficient (Wildman–Crippen LogP) is 1.90. The third kappa shape index (κ3) is 4.14. The molecule has 26 heavy (non-hydrogen) atoms. The van der Waals surface area contributed by atoms with Crippen molar-refractivity contribution in [3.8, 4) is 0 Å². The molecule has 9 heteroatoms. The van der Waals surface area contributed by atoms with Crippen molar-refractivity contribution < 1.29 is 32.7 Å². The summed E-state index contributed by atoms with van der Waals surface area (Å²) in [7, 11) is 0. The molecule has 6 nitrogen and oxygen atoms in total. The number of benzene rings is 1. The molecule has 2 amide bonds. The standard InChI is InChI=1S/C17H19F3N2O4/c1-2-16(15(25)26,12-6-4-3-5-7-12)21-14(24)11-8-13(23)22(9-11)10-17(18,19)20/h3-7,11H,2,8-10H2,1H3,(H,21,24)(H,25,26). The van der Waals surface area contributed by atoms with Crippen LogP contribution < -0.4 is 5.32 Å². The lowest BCUT2D eigenvalue weighted by Crippen LogP contribution is -2.53. The molecule has 0 radical (unpaired) electrons. The fourth-order valence-electron chi connectivity index (χ4n) is 3.04. The number of carboxylic acid groups (broad SMARTS) is 1. The number of aliphatic carboxylic acids is 1. The van der Waals surface area contributed by atoms with Crippen LogP contribution in [-0.4, -0.2) is 47.1 Å². The number of halogens is 3. The average molecular weight is 372 g/mol. The molecule has 1 saturated heterocycles. The zero-order chi connectivity index (χ0) is 19.5. The van der Waals surface area contributed by atoms with Crippen LogP contribution in [0.5, 0.6) is 0 Å². The molecule has 0 aliphatic carbocycles. The fraction of sp³-hybridized carbons (Fsp3) is 0.471. The zero-order valence-corrected chi connectivity index (χ0v) is 14.0. The molecule has 1 aliphatic rings. The van der Waals surface area contributed by atoms with Gasteiger partial charge < -0.3 is 15.3 Å². The molecule has 2 rings (SSSR count). The maximum Gasteiger partial charge on any atom is 0.406 e. The Morgan fingerprint density at radius 1 is 1.27 bits per heavy atom. The molecule has 1 aliphatic heterocycles. The molecule has 2 N–H and O–H groups in total. The van der Waals surface area contributed by atoms with Gasteiger partial charge in [0.1, 0.15) is 6.54 Å². The summed E-state index contributed by atoms with van der Waals surface area (Å²) < 4.78 is 37.5. The first-order valence-corrected chi connectivity index (χ1v) is 8.04. The van der Waals surface area contributed by atoms with Crippen LogP contribution in [-0.2, 0) is 19.9 Å². The second kappa shape index (κ2) is 7.35. The smallest absolute Gasteiger partial charge is 0.406 e. The molecule has 0 spiro atoms. The summed E-state index contributed by atoms with van der Waals surface area (Å²) in [6.45, 7) is -0.234. The summed E-state index contributed by atoms with van der Waals surface area (Å²) in [6.07, 6.45) is -4.90. The molecule has 0 bridgehead atoms. The largest absolute Gasteiger partial charge is 0.479 e. The van der Waals surface area contributed by atoms with Gasteiger partial charge in [0.25, 0.3) is 0 Å². The summed E-state index contributed by atoms with van der Waals surface area (Å²) >= 11 is 0. The molecule has 142 valence electrons. The van der Waals surface area contributed by atoms with Gasteiger partial charge in [-0.2, -0.15) is 13.2 Å². The van der Waals surface area contributed by atoms with Gasteiger partial charge in [-0.05, 0) is 12.0 Å². The van der Waals surface area contributed by atoms with Crippen molar-refractivity contribution in [2.24, 2.45) is 5.92 Å². The van der Waals surface area contributed by atoms with Crippen molar-refractivity contribution in [3.63, 3.8) is 0 Å². The van der Waals surface area contributed by atoms with Crippen molar-refractivity contribution in [2.75, 3.05) is 13.1 Å². The van der Waals surface area contributed by atoms with Crippen LogP contribution in [0.3, 0.4) is 0 Å². The number of likely N-dealkylation sites (tertiary alicyclic amines) is 1. The number of nitrogens with one attached hydrogen (secondary N) is 1. The van der Waals surface area contributed by atoms with E-state index in [4.69, 9.17) is 0 Å². The van der Waals surface area contributed by atoms with E-state index in [0.717, 1.165) is 0 Å². The Hall–Kier alpha value is -2.58. The quantitative estimate of drug-likeness (QED) is 0.799. The van der Waals surface area contributed by atoms with Gasteiger partial charge in [-0.25, -0.2) is 4.79 Å². The molecule has 2 atom stereocenters. The monoisotopic (exact) mass is 372 g/mol. The van der Waals surface area contributed by atoms with Crippen LogP contribution in [0.4, 0.5) is 13.2 Å². The maximum absolute atomic E-state index is 12.5. The zero-order valence-electron chi connectivity index (χ0n) is 14.0. The van der Waals surface area contributed by atoms with Crippen LogP contribution in [0, 0.1) is 5.92 Å². The van der Waals surface area contributed by atoms with Gasteiger partial charge >= 0.3 is 12.1 Å². The predicted molar refractivity (Wildman–Crippen MR) is 84.9 cm³/mol. The number of amides is 2. The van der Waals surface area contributed by atoms with Crippen LogP contribution in [0.2, 0.25) is 0 Å². The Bertz CT molecular complexity index is 693. The average Bonchev–Trinajstić information content (AvgIpc) is 2.92. The van der Waals surface area contributed by atoms with E-state index in [1.165, 1.54) is 0 Å². The van der Waals surface area contributed by atoms with Gasteiger partial charge in [0, 0.05) is 13.0 Å². The van der Waals surface area contributed by atoms with E-state index < -0.39 is 48.5 Å². The number of rotatable bonds is 6. The highest BCUT2D eigenvalue weighted by atomic mass is 19.4. The van der Waals surface area contributed by atoms with E-state index in [9.17, 15) is 32.7 Å². The minimum atomic E-state index is -4.56. The summed E-state index contributed by atoms with van der Waals surface area (Å²) in [4.78, 5) is 36.7. The molecule has 0 aromatic heterocycles. The Morgan fingerprint density at radius 2 is 1.88 bits per heavy atom. The number of hydrogen-bond acceptors (Lipinski definition) is 3. The van der Waals surface area contributed by atoms with Gasteiger partial charge in [0.05, 0.1) is 5.92 Å². The van der Waals surface area contributed by atoms with Crippen molar-refractivity contribution in [1.82, 2.24) is 10.2 Å².